The molecule has 1 saturated carbocycles. The molecule has 11 nitrogen and oxygen atoms in total. The average molecular weight is 703 g/mol. The van der Waals surface area contributed by atoms with Crippen LogP contribution in [0.25, 0.3) is 17.0 Å². The van der Waals surface area contributed by atoms with E-state index in [9.17, 15) is 19.5 Å². The molecule has 2 aromatic heterocycles. The maximum Gasteiger partial charge on any atom is 0.323 e. The van der Waals surface area contributed by atoms with Gasteiger partial charge in [-0.15, -0.1) is 0 Å². The molecule has 2 aliphatic rings. The van der Waals surface area contributed by atoms with Gasteiger partial charge in [0.05, 0.1) is 25.9 Å². The van der Waals surface area contributed by atoms with Crippen molar-refractivity contribution in [2.24, 2.45) is 17.8 Å². The van der Waals surface area contributed by atoms with Crippen LogP contribution >= 0.6 is 0 Å². The molecule has 2 amide bonds. The summed E-state index contributed by atoms with van der Waals surface area (Å²) in [6.07, 6.45) is 19.2. The van der Waals surface area contributed by atoms with Crippen LogP contribution in [0.1, 0.15) is 85.5 Å². The molecule has 0 aliphatic heterocycles. The highest BCUT2D eigenvalue weighted by molar-refractivity contribution is 5.94. The van der Waals surface area contributed by atoms with Gasteiger partial charge in [-0.05, 0) is 78.7 Å². The fourth-order valence-corrected chi connectivity index (χ4v) is 7.38. The number of benzene rings is 2. The number of carboxylic acids is 1. The first-order valence-corrected chi connectivity index (χ1v) is 18.1. The second kappa shape index (κ2) is 17.2. The second-order valence-electron chi connectivity index (χ2n) is 13.9. The normalized spacial score (nSPS) is 18.6. The molecule has 2 aromatic carbocycles. The molecule has 0 spiro atoms. The highest BCUT2D eigenvalue weighted by atomic mass is 16.5. The molecule has 1 atom stereocenters. The zero-order valence-corrected chi connectivity index (χ0v) is 29.8. The number of aliphatic carboxylic acids is 1. The number of carbonyl (C=O) groups is 3. The largest absolute Gasteiger partial charge is 0.497 e. The highest BCUT2D eigenvalue weighted by Crippen LogP contribution is 2.41. The number of nitrogens with one attached hydrogen (secondary N) is 1. The molecule has 1 unspecified atom stereocenters. The van der Waals surface area contributed by atoms with Crippen molar-refractivity contribution in [3.63, 3.8) is 0 Å². The summed E-state index contributed by atoms with van der Waals surface area (Å²) in [4.78, 5) is 56.3. The number of aromatic nitrogens is 4. The summed E-state index contributed by atoms with van der Waals surface area (Å²) < 4.78 is 5.14. The molecule has 2 N–H and O–H groups in total. The van der Waals surface area contributed by atoms with E-state index >= 15 is 0 Å². The molecule has 11 heteroatoms. The summed E-state index contributed by atoms with van der Waals surface area (Å²) in [5.74, 6) is 2.01. The Morgan fingerprint density at radius 3 is 2.13 bits per heavy atom. The van der Waals surface area contributed by atoms with Crippen LogP contribution in [0.4, 0.5) is 5.82 Å². The molecule has 2 aliphatic carbocycles. The standard InChI is InChI=1S/C41H46N6O5/c1-3-27-4-10-30(11-5-27)31-14-16-32(17-15-31)34-21-44-40(45-22-34)33-12-6-29(7-13-33)25-47(26-39(49)50)41(51)36-23-43-37(24-42-36)46-38(48)20-28-8-18-35(52-2)19-9-28/h6-9,12-13,16,18-19,21-24,27,30-31H,3-5,10-11,14-15,17,20,25-26H2,1-2H3,(H,49,50)(H,43,46,48). The van der Waals surface area contributed by atoms with Crippen molar-refractivity contribution in [1.82, 2.24) is 24.8 Å². The number of carboxylic acid groups (broad SMARTS) is 1. The van der Waals surface area contributed by atoms with Gasteiger partial charge in [0.25, 0.3) is 5.91 Å². The maximum atomic E-state index is 13.3. The van der Waals surface area contributed by atoms with Crippen LogP contribution in [0.15, 0.2) is 79.4 Å². The number of hydrogen-bond acceptors (Lipinski definition) is 8. The lowest BCUT2D eigenvalue weighted by Crippen LogP contribution is -2.35. The number of ether oxygens (including phenoxy) is 1. The number of amides is 2. The number of carbonyl (C=O) groups excluding carboxylic acids is 2. The third-order valence-corrected chi connectivity index (χ3v) is 10.5. The first-order valence-electron chi connectivity index (χ1n) is 18.1. The Bertz CT molecular complexity index is 1850. The van der Waals surface area contributed by atoms with E-state index in [1.54, 1.807) is 31.4 Å². The summed E-state index contributed by atoms with van der Waals surface area (Å²) in [5.41, 5.74) is 4.71. The highest BCUT2D eigenvalue weighted by Gasteiger charge is 2.28. The van der Waals surface area contributed by atoms with Gasteiger partial charge >= 0.3 is 5.97 Å². The van der Waals surface area contributed by atoms with Crippen molar-refractivity contribution >= 4 is 29.2 Å². The van der Waals surface area contributed by atoms with Crippen molar-refractivity contribution in [3.05, 3.63) is 102 Å². The smallest absolute Gasteiger partial charge is 0.323 e. The molecule has 0 radical (unpaired) electrons. The van der Waals surface area contributed by atoms with Gasteiger partial charge in [0.1, 0.15) is 18.0 Å². The third kappa shape index (κ3) is 9.45. The second-order valence-corrected chi connectivity index (χ2v) is 13.9. The van der Waals surface area contributed by atoms with E-state index in [2.05, 4.69) is 38.3 Å². The van der Waals surface area contributed by atoms with Crippen LogP contribution in [-0.4, -0.2) is 61.4 Å². The average Bonchev–Trinajstić information content (AvgIpc) is 3.18. The Labute approximate surface area is 304 Å². The van der Waals surface area contributed by atoms with E-state index in [1.807, 2.05) is 36.7 Å². The van der Waals surface area contributed by atoms with Crippen LogP contribution in [0.2, 0.25) is 0 Å². The molecule has 0 bridgehead atoms. The van der Waals surface area contributed by atoms with Crippen LogP contribution < -0.4 is 10.1 Å². The predicted molar refractivity (Wildman–Crippen MR) is 198 cm³/mol. The van der Waals surface area contributed by atoms with Gasteiger partial charge in [-0.2, -0.15) is 0 Å². The Hall–Kier alpha value is -5.45. The molecule has 52 heavy (non-hydrogen) atoms. The number of hydrogen-bond donors (Lipinski definition) is 2. The zero-order valence-electron chi connectivity index (χ0n) is 29.8. The number of nitrogens with zero attached hydrogens (tertiary/aromatic N) is 5. The topological polar surface area (TPSA) is 148 Å². The van der Waals surface area contributed by atoms with Crippen LogP contribution in [0.5, 0.6) is 5.75 Å². The quantitative estimate of drug-likeness (QED) is 0.147. The van der Waals surface area contributed by atoms with Gasteiger partial charge in [0.15, 0.2) is 11.6 Å². The van der Waals surface area contributed by atoms with Gasteiger partial charge in [0, 0.05) is 30.1 Å². The van der Waals surface area contributed by atoms with Crippen molar-refractivity contribution in [1.29, 1.82) is 0 Å². The number of rotatable bonds is 13. The zero-order chi connectivity index (χ0) is 36.5. The third-order valence-electron chi connectivity index (χ3n) is 10.5. The van der Waals surface area contributed by atoms with E-state index in [-0.39, 0.29) is 30.4 Å². The van der Waals surface area contributed by atoms with Crippen LogP contribution in [0, 0.1) is 17.8 Å². The van der Waals surface area contributed by atoms with Crippen molar-refractivity contribution < 1.29 is 24.2 Å². The Morgan fingerprint density at radius 1 is 0.827 bits per heavy atom. The Kier molecular flexibility index (Phi) is 12.0. The van der Waals surface area contributed by atoms with Gasteiger partial charge < -0.3 is 20.1 Å². The molecule has 6 rings (SSSR count). The SMILES string of the molecule is CCC1CCC(C2CC=C(c3cnc(-c4ccc(CN(CC(=O)O)C(=O)c5cnc(NC(=O)Cc6ccc(OC)cc6)cn5)cc4)nc3)CC2)CC1. The van der Waals surface area contributed by atoms with Gasteiger partial charge in [-0.25, -0.2) is 19.9 Å². The lowest BCUT2D eigenvalue weighted by atomic mass is 9.71. The summed E-state index contributed by atoms with van der Waals surface area (Å²) in [6, 6.07) is 14.5. The summed E-state index contributed by atoms with van der Waals surface area (Å²) in [5, 5.41) is 12.2. The molecular weight excluding hydrogens is 656 g/mol. The lowest BCUT2D eigenvalue weighted by molar-refractivity contribution is -0.137. The maximum absolute atomic E-state index is 13.3. The van der Waals surface area contributed by atoms with Crippen molar-refractivity contribution in [2.45, 2.75) is 71.3 Å². The molecule has 0 saturated heterocycles. The molecule has 4 aromatic rings. The first kappa shape index (κ1) is 36.3. The summed E-state index contributed by atoms with van der Waals surface area (Å²) in [6.45, 7) is 1.84. The lowest BCUT2D eigenvalue weighted by Gasteiger charge is -2.35. The van der Waals surface area contributed by atoms with E-state index in [0.29, 0.717) is 11.6 Å². The van der Waals surface area contributed by atoms with E-state index in [4.69, 9.17) is 4.74 Å². The predicted octanol–water partition coefficient (Wildman–Crippen LogP) is 7.25. The van der Waals surface area contributed by atoms with E-state index in [1.165, 1.54) is 61.4 Å². The van der Waals surface area contributed by atoms with Crippen LogP contribution in [0.3, 0.4) is 0 Å². The Balaban J connectivity index is 1.03. The fourth-order valence-electron chi connectivity index (χ4n) is 7.38. The minimum absolute atomic E-state index is 0.0396. The minimum Gasteiger partial charge on any atom is -0.497 e. The number of anilines is 1. The Morgan fingerprint density at radius 2 is 1.54 bits per heavy atom. The minimum atomic E-state index is -1.16. The molecule has 1 fully saturated rings. The molecule has 270 valence electrons. The van der Waals surface area contributed by atoms with Crippen LogP contribution in [-0.2, 0) is 22.6 Å². The molecular formula is C41H46N6O5. The van der Waals surface area contributed by atoms with Gasteiger partial charge in [-0.3, -0.25) is 14.4 Å². The summed E-state index contributed by atoms with van der Waals surface area (Å²) in [7, 11) is 1.57. The number of allylic oxidation sites excluding steroid dienone is 2. The first-order chi connectivity index (χ1) is 25.3. The molecule has 2 heterocycles. The van der Waals surface area contributed by atoms with Crippen molar-refractivity contribution in [3.8, 4) is 17.1 Å². The van der Waals surface area contributed by atoms with Crippen molar-refractivity contribution in [2.75, 3.05) is 19.0 Å². The van der Waals surface area contributed by atoms with E-state index in [0.717, 1.165) is 52.8 Å². The van der Waals surface area contributed by atoms with E-state index < -0.39 is 18.4 Å². The summed E-state index contributed by atoms with van der Waals surface area (Å²) >= 11 is 0. The number of methoxy groups -OCH3 is 1. The van der Waals surface area contributed by atoms with Gasteiger partial charge in [0.2, 0.25) is 5.91 Å². The fraction of sp³-hybridized carbons (Fsp3) is 0.390. The van der Waals surface area contributed by atoms with Gasteiger partial charge in [-0.1, -0.05) is 68.7 Å². The monoisotopic (exact) mass is 702 g/mol.